The van der Waals surface area contributed by atoms with Crippen LogP contribution < -0.4 is 4.72 Å². The van der Waals surface area contributed by atoms with E-state index >= 15 is 0 Å². The van der Waals surface area contributed by atoms with Gasteiger partial charge in [0.05, 0.1) is 10.5 Å². The van der Waals surface area contributed by atoms with E-state index in [0.29, 0.717) is 10.0 Å². The molecule has 0 unspecified atom stereocenters. The van der Waals surface area contributed by atoms with Crippen LogP contribution in [0, 0.1) is 6.92 Å². The summed E-state index contributed by atoms with van der Waals surface area (Å²) < 4.78 is 28.4. The molecule has 1 aromatic rings. The molecule has 0 radical (unpaired) electrons. The number of aromatic carboxylic acids is 1. The minimum Gasteiger partial charge on any atom is -0.478 e. The van der Waals surface area contributed by atoms with Crippen molar-refractivity contribution in [2.45, 2.75) is 50.0 Å². The van der Waals surface area contributed by atoms with Crippen molar-refractivity contribution in [3.8, 4) is 0 Å². The number of rotatable bonds is 4. The molecule has 116 valence electrons. The van der Waals surface area contributed by atoms with Crippen LogP contribution in [0.15, 0.2) is 21.5 Å². The molecule has 1 aliphatic rings. The third-order valence-electron chi connectivity index (χ3n) is 3.92. The summed E-state index contributed by atoms with van der Waals surface area (Å²) in [5.41, 5.74) is 0.00952. The Balaban J connectivity index is 2.46. The van der Waals surface area contributed by atoms with E-state index in [9.17, 15) is 13.2 Å². The van der Waals surface area contributed by atoms with Crippen molar-refractivity contribution in [3.05, 3.63) is 27.7 Å². The van der Waals surface area contributed by atoms with Crippen LogP contribution in [0.4, 0.5) is 0 Å². The first-order valence-corrected chi connectivity index (χ1v) is 9.00. The summed E-state index contributed by atoms with van der Waals surface area (Å²) in [6.45, 7) is 3.55. The summed E-state index contributed by atoms with van der Waals surface area (Å²) >= 11 is 3.23. The second-order valence-electron chi connectivity index (χ2n) is 5.76. The lowest BCUT2D eigenvalue weighted by molar-refractivity contribution is 0.0696. The first kappa shape index (κ1) is 16.5. The van der Waals surface area contributed by atoms with E-state index < -0.39 is 21.5 Å². The van der Waals surface area contributed by atoms with Crippen molar-refractivity contribution in [1.82, 2.24) is 4.72 Å². The second-order valence-corrected chi connectivity index (χ2v) is 8.26. The molecule has 1 aliphatic carbocycles. The highest BCUT2D eigenvalue weighted by atomic mass is 79.9. The van der Waals surface area contributed by atoms with Gasteiger partial charge in [-0.05, 0) is 44.4 Å². The van der Waals surface area contributed by atoms with Gasteiger partial charge in [-0.25, -0.2) is 17.9 Å². The zero-order chi connectivity index (χ0) is 15.8. The molecule has 1 saturated carbocycles. The average Bonchev–Trinajstić information content (AvgIpc) is 2.77. The third-order valence-corrected chi connectivity index (χ3v) is 6.51. The van der Waals surface area contributed by atoms with Gasteiger partial charge in [0.2, 0.25) is 10.0 Å². The average molecular weight is 376 g/mol. The van der Waals surface area contributed by atoms with Crippen molar-refractivity contribution in [2.24, 2.45) is 0 Å². The predicted octanol–water partition coefficient (Wildman–Crippen LogP) is 3.07. The van der Waals surface area contributed by atoms with Crippen LogP contribution in [0.3, 0.4) is 0 Å². The molecule has 2 N–H and O–H groups in total. The number of sulfonamides is 1. The summed E-state index contributed by atoms with van der Waals surface area (Å²) in [4.78, 5) is 11.1. The maximum absolute atomic E-state index is 12.6. The van der Waals surface area contributed by atoms with Crippen LogP contribution >= 0.6 is 15.9 Å². The number of halogens is 1. The van der Waals surface area contributed by atoms with E-state index in [1.165, 1.54) is 12.1 Å². The van der Waals surface area contributed by atoms with Crippen molar-refractivity contribution < 1.29 is 18.3 Å². The molecular formula is C14H18BrNO4S. The fraction of sp³-hybridized carbons (Fsp3) is 0.500. The van der Waals surface area contributed by atoms with Crippen LogP contribution in [0.25, 0.3) is 0 Å². The van der Waals surface area contributed by atoms with Crippen LogP contribution in [-0.4, -0.2) is 25.0 Å². The van der Waals surface area contributed by atoms with Crippen molar-refractivity contribution in [3.63, 3.8) is 0 Å². The van der Waals surface area contributed by atoms with Gasteiger partial charge < -0.3 is 5.11 Å². The lowest BCUT2D eigenvalue weighted by Gasteiger charge is -2.25. The number of carboxylic acids is 1. The quantitative estimate of drug-likeness (QED) is 0.846. The van der Waals surface area contributed by atoms with Gasteiger partial charge in [-0.1, -0.05) is 28.8 Å². The Morgan fingerprint density at radius 2 is 1.90 bits per heavy atom. The lowest BCUT2D eigenvalue weighted by atomic mass is 10.0. The molecule has 0 atom stereocenters. The summed E-state index contributed by atoms with van der Waals surface area (Å²) in [7, 11) is -3.75. The zero-order valence-corrected chi connectivity index (χ0v) is 14.3. The first-order chi connectivity index (χ1) is 9.65. The Morgan fingerprint density at radius 3 is 2.43 bits per heavy atom. The number of benzene rings is 1. The van der Waals surface area contributed by atoms with Crippen molar-refractivity contribution in [1.29, 1.82) is 0 Å². The molecule has 1 fully saturated rings. The monoisotopic (exact) mass is 375 g/mol. The summed E-state index contributed by atoms with van der Waals surface area (Å²) in [6.07, 6.45) is 3.59. The first-order valence-electron chi connectivity index (χ1n) is 6.72. The molecular weight excluding hydrogens is 358 g/mol. The largest absolute Gasteiger partial charge is 0.478 e. The van der Waals surface area contributed by atoms with E-state index in [1.807, 2.05) is 6.92 Å². The van der Waals surface area contributed by atoms with E-state index in [4.69, 9.17) is 5.11 Å². The normalized spacial score (nSPS) is 17.9. The number of carboxylic acid groups (broad SMARTS) is 1. The standard InChI is InChI=1S/C14H18BrNO4S/c1-9-11(15)7-10(13(17)18)8-12(9)21(19,20)16-14(2)5-3-4-6-14/h7-8,16H,3-6H2,1-2H3,(H,17,18). The summed E-state index contributed by atoms with van der Waals surface area (Å²) in [5, 5.41) is 9.09. The van der Waals surface area contributed by atoms with E-state index in [2.05, 4.69) is 20.7 Å². The minimum absolute atomic E-state index is 0.0161. The van der Waals surface area contributed by atoms with E-state index in [-0.39, 0.29) is 10.5 Å². The topological polar surface area (TPSA) is 83.5 Å². The highest BCUT2D eigenvalue weighted by Crippen LogP contribution is 2.32. The molecule has 0 aromatic heterocycles. The van der Waals surface area contributed by atoms with Gasteiger partial charge in [-0.3, -0.25) is 0 Å². The van der Waals surface area contributed by atoms with E-state index in [1.54, 1.807) is 6.92 Å². The molecule has 0 bridgehead atoms. The lowest BCUT2D eigenvalue weighted by Crippen LogP contribution is -2.43. The van der Waals surface area contributed by atoms with Gasteiger partial charge in [0, 0.05) is 10.0 Å². The molecule has 21 heavy (non-hydrogen) atoms. The fourth-order valence-electron chi connectivity index (χ4n) is 2.69. The Morgan fingerprint density at radius 1 is 1.33 bits per heavy atom. The predicted molar refractivity (Wildman–Crippen MR) is 83.0 cm³/mol. The number of hydrogen-bond acceptors (Lipinski definition) is 3. The highest BCUT2D eigenvalue weighted by molar-refractivity contribution is 9.10. The Hall–Kier alpha value is -0.920. The zero-order valence-electron chi connectivity index (χ0n) is 11.9. The Kier molecular flexibility index (Phi) is 4.46. The van der Waals surface area contributed by atoms with Crippen LogP contribution in [0.2, 0.25) is 0 Å². The van der Waals surface area contributed by atoms with Gasteiger partial charge in [0.25, 0.3) is 0 Å². The van der Waals surface area contributed by atoms with Crippen LogP contribution in [0.1, 0.15) is 48.5 Å². The maximum Gasteiger partial charge on any atom is 0.335 e. The van der Waals surface area contributed by atoms with Crippen LogP contribution in [-0.2, 0) is 10.0 Å². The molecule has 7 heteroatoms. The van der Waals surface area contributed by atoms with Gasteiger partial charge in [0.1, 0.15) is 0 Å². The molecule has 2 rings (SSSR count). The maximum atomic E-state index is 12.6. The summed E-state index contributed by atoms with van der Waals surface area (Å²) in [6, 6.07) is 2.62. The van der Waals surface area contributed by atoms with Crippen molar-refractivity contribution >= 4 is 31.9 Å². The SMILES string of the molecule is Cc1c(Br)cc(C(=O)O)cc1S(=O)(=O)NC1(C)CCCC1. The summed E-state index contributed by atoms with van der Waals surface area (Å²) in [5.74, 6) is -1.15. The Bertz CT molecular complexity index is 678. The Labute approximate surface area is 132 Å². The van der Waals surface area contributed by atoms with Crippen molar-refractivity contribution in [2.75, 3.05) is 0 Å². The van der Waals surface area contributed by atoms with Gasteiger partial charge in [0.15, 0.2) is 0 Å². The van der Waals surface area contributed by atoms with Gasteiger partial charge >= 0.3 is 5.97 Å². The third kappa shape index (κ3) is 3.46. The van der Waals surface area contributed by atoms with Gasteiger partial charge in [-0.15, -0.1) is 0 Å². The minimum atomic E-state index is -3.75. The molecule has 0 saturated heterocycles. The molecule has 0 amide bonds. The van der Waals surface area contributed by atoms with Crippen LogP contribution in [0.5, 0.6) is 0 Å². The smallest absolute Gasteiger partial charge is 0.335 e. The molecule has 5 nitrogen and oxygen atoms in total. The molecule has 1 aromatic carbocycles. The highest BCUT2D eigenvalue weighted by Gasteiger charge is 2.34. The fourth-order valence-corrected chi connectivity index (χ4v) is 5.04. The molecule has 0 heterocycles. The van der Waals surface area contributed by atoms with E-state index in [0.717, 1.165) is 25.7 Å². The number of nitrogens with one attached hydrogen (secondary N) is 1. The second kappa shape index (κ2) is 5.70. The number of carbonyl (C=O) groups is 1. The van der Waals surface area contributed by atoms with Gasteiger partial charge in [-0.2, -0.15) is 0 Å². The number of hydrogen-bond donors (Lipinski definition) is 2. The molecule has 0 spiro atoms. The molecule has 0 aliphatic heterocycles.